The highest BCUT2D eigenvalue weighted by Gasteiger charge is 1.83. The van der Waals surface area contributed by atoms with Crippen molar-refractivity contribution in [2.24, 2.45) is 0 Å². The van der Waals surface area contributed by atoms with Gasteiger partial charge in [0.15, 0.2) is 0 Å². The molecule has 11 heavy (non-hydrogen) atoms. The molecule has 0 N–H and O–H groups in total. The van der Waals surface area contributed by atoms with E-state index >= 15 is 0 Å². The van der Waals surface area contributed by atoms with E-state index in [1.807, 2.05) is 6.08 Å². The summed E-state index contributed by atoms with van der Waals surface area (Å²) < 4.78 is 0. The molecule has 1 nitrogen and oxygen atoms in total. The maximum absolute atomic E-state index is 9.89. The van der Waals surface area contributed by atoms with Crippen LogP contribution in [-0.4, -0.2) is 6.29 Å². The molecule has 0 rings (SSSR count). The number of aldehydes is 1. The van der Waals surface area contributed by atoms with Crippen molar-refractivity contribution < 1.29 is 4.79 Å². The molecule has 0 spiro atoms. The summed E-state index contributed by atoms with van der Waals surface area (Å²) in [6, 6.07) is 0. The molecule has 0 aliphatic carbocycles. The number of allylic oxidation sites excluding steroid dienone is 2. The quantitative estimate of drug-likeness (QED) is 0.313. The summed E-state index contributed by atoms with van der Waals surface area (Å²) in [6.07, 6.45) is 11.9. The van der Waals surface area contributed by atoms with E-state index in [0.717, 1.165) is 12.7 Å². The first kappa shape index (κ1) is 10.4. The Hall–Kier alpha value is -0.590. The van der Waals surface area contributed by atoms with Crippen LogP contribution < -0.4 is 0 Å². The van der Waals surface area contributed by atoms with Crippen LogP contribution >= 0.6 is 0 Å². The van der Waals surface area contributed by atoms with Crippen molar-refractivity contribution >= 4 is 6.29 Å². The Labute approximate surface area is 69.5 Å². The van der Waals surface area contributed by atoms with Crippen LogP contribution in [0.5, 0.6) is 0 Å². The highest BCUT2D eigenvalue weighted by Crippen LogP contribution is 2.02. The minimum Gasteiger partial charge on any atom is -0.303 e. The number of carbonyl (C=O) groups excluding carboxylic acids is 1. The van der Waals surface area contributed by atoms with Crippen molar-refractivity contribution in [2.45, 2.75) is 45.4 Å². The van der Waals surface area contributed by atoms with Gasteiger partial charge in [-0.05, 0) is 12.8 Å². The van der Waals surface area contributed by atoms with E-state index in [0.29, 0.717) is 6.42 Å². The maximum atomic E-state index is 9.89. The fourth-order valence-electron chi connectivity index (χ4n) is 0.959. The highest BCUT2D eigenvalue weighted by molar-refractivity contribution is 5.51. The Morgan fingerprint density at radius 3 is 2.55 bits per heavy atom. The normalized spacial score (nSPS) is 10.6. The standard InChI is InChI=1S/C10H18O/c1-2-3-4-5-6-7-8-9-10-11/h7-8,10H,2-6,9H2,1H3/b8-7+. The third kappa shape index (κ3) is 9.41. The van der Waals surface area contributed by atoms with E-state index in [9.17, 15) is 4.79 Å². The third-order valence-electron chi connectivity index (χ3n) is 1.62. The van der Waals surface area contributed by atoms with Crippen molar-refractivity contribution in [1.82, 2.24) is 0 Å². The van der Waals surface area contributed by atoms with E-state index < -0.39 is 0 Å². The predicted octanol–water partition coefficient (Wildman–Crippen LogP) is 3.10. The van der Waals surface area contributed by atoms with Gasteiger partial charge in [0.05, 0.1) is 0 Å². The summed E-state index contributed by atoms with van der Waals surface area (Å²) in [5.41, 5.74) is 0. The second-order valence-corrected chi connectivity index (χ2v) is 2.72. The zero-order valence-electron chi connectivity index (χ0n) is 7.38. The van der Waals surface area contributed by atoms with Gasteiger partial charge in [-0.15, -0.1) is 0 Å². The lowest BCUT2D eigenvalue weighted by molar-refractivity contribution is -0.107. The zero-order valence-corrected chi connectivity index (χ0v) is 7.38. The fourth-order valence-corrected chi connectivity index (χ4v) is 0.959. The molecule has 0 aromatic carbocycles. The van der Waals surface area contributed by atoms with Crippen LogP contribution in [-0.2, 0) is 4.79 Å². The second-order valence-electron chi connectivity index (χ2n) is 2.72. The molecule has 0 atom stereocenters. The largest absolute Gasteiger partial charge is 0.303 e. The van der Waals surface area contributed by atoms with E-state index in [1.54, 1.807) is 0 Å². The molecule has 0 unspecified atom stereocenters. The molecule has 0 aliphatic rings. The van der Waals surface area contributed by atoms with Gasteiger partial charge < -0.3 is 4.79 Å². The SMILES string of the molecule is CCCCCC/C=C/CC=O. The van der Waals surface area contributed by atoms with Crippen molar-refractivity contribution in [1.29, 1.82) is 0 Å². The Morgan fingerprint density at radius 2 is 1.91 bits per heavy atom. The molecule has 0 heterocycles. The molecule has 0 saturated carbocycles. The lowest BCUT2D eigenvalue weighted by Gasteiger charge is -1.92. The Kier molecular flexibility index (Phi) is 8.91. The average Bonchev–Trinajstić information content (AvgIpc) is 2.03. The number of hydrogen-bond donors (Lipinski definition) is 0. The van der Waals surface area contributed by atoms with Gasteiger partial charge in [0, 0.05) is 6.42 Å². The summed E-state index contributed by atoms with van der Waals surface area (Å²) in [4.78, 5) is 9.89. The summed E-state index contributed by atoms with van der Waals surface area (Å²) in [5, 5.41) is 0. The summed E-state index contributed by atoms with van der Waals surface area (Å²) in [7, 11) is 0. The van der Waals surface area contributed by atoms with Crippen molar-refractivity contribution in [3.63, 3.8) is 0 Å². The summed E-state index contributed by atoms with van der Waals surface area (Å²) >= 11 is 0. The molecule has 0 amide bonds. The van der Waals surface area contributed by atoms with Gasteiger partial charge in [-0.1, -0.05) is 38.3 Å². The monoisotopic (exact) mass is 154 g/mol. The molecular formula is C10H18O. The Morgan fingerprint density at radius 1 is 1.09 bits per heavy atom. The highest BCUT2D eigenvalue weighted by atomic mass is 16.1. The number of rotatable bonds is 7. The van der Waals surface area contributed by atoms with Gasteiger partial charge in [0.25, 0.3) is 0 Å². The van der Waals surface area contributed by atoms with Gasteiger partial charge in [0.2, 0.25) is 0 Å². The molecule has 0 aliphatic heterocycles. The molecular weight excluding hydrogens is 136 g/mol. The summed E-state index contributed by atoms with van der Waals surface area (Å²) in [6.45, 7) is 2.21. The van der Waals surface area contributed by atoms with Crippen molar-refractivity contribution in [2.75, 3.05) is 0 Å². The van der Waals surface area contributed by atoms with Crippen molar-refractivity contribution in [3.05, 3.63) is 12.2 Å². The van der Waals surface area contributed by atoms with Gasteiger partial charge >= 0.3 is 0 Å². The molecule has 0 bridgehead atoms. The average molecular weight is 154 g/mol. The minimum atomic E-state index is 0.577. The molecule has 0 radical (unpaired) electrons. The second kappa shape index (κ2) is 9.41. The molecule has 1 heteroatoms. The Bertz CT molecular complexity index is 105. The van der Waals surface area contributed by atoms with E-state index in [1.165, 1.54) is 25.7 Å². The molecule has 0 fully saturated rings. The first-order valence-corrected chi connectivity index (χ1v) is 4.50. The molecule has 64 valence electrons. The van der Waals surface area contributed by atoms with Crippen LogP contribution in [0.15, 0.2) is 12.2 Å². The van der Waals surface area contributed by atoms with Gasteiger partial charge in [-0.3, -0.25) is 0 Å². The number of unbranched alkanes of at least 4 members (excludes halogenated alkanes) is 4. The van der Waals surface area contributed by atoms with Crippen LogP contribution in [0, 0.1) is 0 Å². The predicted molar refractivity (Wildman–Crippen MR) is 48.6 cm³/mol. The number of hydrogen-bond acceptors (Lipinski definition) is 1. The molecule has 0 saturated heterocycles. The van der Waals surface area contributed by atoms with Crippen LogP contribution in [0.25, 0.3) is 0 Å². The maximum Gasteiger partial charge on any atom is 0.123 e. The lowest BCUT2D eigenvalue weighted by atomic mass is 10.1. The van der Waals surface area contributed by atoms with E-state index in [2.05, 4.69) is 13.0 Å². The fraction of sp³-hybridized carbons (Fsp3) is 0.700. The smallest absolute Gasteiger partial charge is 0.123 e. The van der Waals surface area contributed by atoms with E-state index in [4.69, 9.17) is 0 Å². The Balaban J connectivity index is 2.94. The third-order valence-corrected chi connectivity index (χ3v) is 1.62. The van der Waals surface area contributed by atoms with Crippen LogP contribution in [0.1, 0.15) is 45.4 Å². The van der Waals surface area contributed by atoms with Gasteiger partial charge in [0.1, 0.15) is 6.29 Å². The minimum absolute atomic E-state index is 0.577. The number of carbonyl (C=O) groups is 1. The topological polar surface area (TPSA) is 17.1 Å². The van der Waals surface area contributed by atoms with Crippen LogP contribution in [0.4, 0.5) is 0 Å². The first-order chi connectivity index (χ1) is 5.41. The van der Waals surface area contributed by atoms with Gasteiger partial charge in [-0.25, -0.2) is 0 Å². The van der Waals surface area contributed by atoms with Crippen LogP contribution in [0.2, 0.25) is 0 Å². The van der Waals surface area contributed by atoms with Crippen LogP contribution in [0.3, 0.4) is 0 Å². The molecule has 0 aromatic heterocycles. The zero-order chi connectivity index (χ0) is 8.36. The van der Waals surface area contributed by atoms with Crippen molar-refractivity contribution in [3.8, 4) is 0 Å². The van der Waals surface area contributed by atoms with Gasteiger partial charge in [-0.2, -0.15) is 0 Å². The molecule has 0 aromatic rings. The van der Waals surface area contributed by atoms with E-state index in [-0.39, 0.29) is 0 Å². The lowest BCUT2D eigenvalue weighted by Crippen LogP contribution is -1.74. The summed E-state index contributed by atoms with van der Waals surface area (Å²) in [5.74, 6) is 0. The first-order valence-electron chi connectivity index (χ1n) is 4.50.